The van der Waals surface area contributed by atoms with Gasteiger partial charge in [0.05, 0.1) is 0 Å². The van der Waals surface area contributed by atoms with Gasteiger partial charge in [0.15, 0.2) is 0 Å². The minimum Gasteiger partial charge on any atom is -0.0622 e. The molecule has 0 nitrogen and oxygen atoms in total. The molecular formula is C28H30. The molecular weight excluding hydrogens is 336 g/mol. The average Bonchev–Trinajstić information content (AvgIpc) is 3.13. The molecule has 0 heterocycles. The molecule has 0 aromatic heterocycles. The Morgan fingerprint density at radius 2 is 1.39 bits per heavy atom. The van der Waals surface area contributed by atoms with Gasteiger partial charge in [0.25, 0.3) is 0 Å². The zero-order valence-electron chi connectivity index (χ0n) is 17.7. The maximum absolute atomic E-state index is 2.47. The van der Waals surface area contributed by atoms with Gasteiger partial charge < -0.3 is 0 Å². The SMILES string of the molecule is CC(C)c1ccc2c(c1-c1ccccc1-c1ccccc1)C=C(C(C)(C)C)C2. The predicted molar refractivity (Wildman–Crippen MR) is 123 cm³/mol. The molecule has 0 fully saturated rings. The fraction of sp³-hybridized carbons (Fsp3) is 0.286. The van der Waals surface area contributed by atoms with Gasteiger partial charge in [-0.2, -0.15) is 0 Å². The molecule has 28 heavy (non-hydrogen) atoms. The molecule has 3 aromatic rings. The van der Waals surface area contributed by atoms with Crippen LogP contribution in [0.1, 0.15) is 57.2 Å². The maximum atomic E-state index is 2.47. The van der Waals surface area contributed by atoms with Gasteiger partial charge in [-0.05, 0) is 56.7 Å². The Morgan fingerprint density at radius 1 is 0.750 bits per heavy atom. The van der Waals surface area contributed by atoms with Gasteiger partial charge in [0.1, 0.15) is 0 Å². The second-order valence-corrected chi connectivity index (χ2v) is 9.27. The monoisotopic (exact) mass is 366 g/mol. The topological polar surface area (TPSA) is 0 Å². The number of fused-ring (bicyclic) bond motifs is 1. The summed E-state index contributed by atoms with van der Waals surface area (Å²) in [6, 6.07) is 24.4. The Hall–Kier alpha value is -2.60. The van der Waals surface area contributed by atoms with E-state index in [1.54, 1.807) is 0 Å². The van der Waals surface area contributed by atoms with Crippen LogP contribution >= 0.6 is 0 Å². The van der Waals surface area contributed by atoms with Gasteiger partial charge in [-0.15, -0.1) is 0 Å². The second kappa shape index (κ2) is 7.09. The van der Waals surface area contributed by atoms with Crippen LogP contribution in [0.15, 0.2) is 72.3 Å². The van der Waals surface area contributed by atoms with Crippen LogP contribution in [0, 0.1) is 5.41 Å². The van der Waals surface area contributed by atoms with Crippen molar-refractivity contribution in [1.29, 1.82) is 0 Å². The van der Waals surface area contributed by atoms with Crippen molar-refractivity contribution in [3.05, 3.63) is 89.0 Å². The highest BCUT2D eigenvalue weighted by Crippen LogP contribution is 2.45. The maximum Gasteiger partial charge on any atom is -0.00523 e. The van der Waals surface area contributed by atoms with E-state index in [2.05, 4.69) is 107 Å². The van der Waals surface area contributed by atoms with Crippen LogP contribution in [-0.2, 0) is 6.42 Å². The van der Waals surface area contributed by atoms with E-state index >= 15 is 0 Å². The molecule has 0 heteroatoms. The van der Waals surface area contributed by atoms with Gasteiger partial charge in [0.2, 0.25) is 0 Å². The van der Waals surface area contributed by atoms with Crippen molar-refractivity contribution in [2.45, 2.75) is 47.0 Å². The Balaban J connectivity index is 2.00. The highest BCUT2D eigenvalue weighted by Gasteiger charge is 2.27. The summed E-state index contributed by atoms with van der Waals surface area (Å²) in [5.74, 6) is 0.483. The van der Waals surface area contributed by atoms with Gasteiger partial charge in [0, 0.05) is 0 Å². The van der Waals surface area contributed by atoms with Crippen LogP contribution in [0.3, 0.4) is 0 Å². The van der Waals surface area contributed by atoms with E-state index in [1.807, 2.05) is 0 Å². The summed E-state index contributed by atoms with van der Waals surface area (Å²) in [4.78, 5) is 0. The minimum atomic E-state index is 0.202. The first-order chi connectivity index (χ1) is 13.4. The summed E-state index contributed by atoms with van der Waals surface area (Å²) in [6.07, 6.45) is 3.54. The van der Waals surface area contributed by atoms with Crippen molar-refractivity contribution in [3.8, 4) is 22.3 Å². The zero-order valence-corrected chi connectivity index (χ0v) is 17.7. The molecule has 0 spiro atoms. The molecule has 0 unspecified atom stereocenters. The Labute approximate surface area is 169 Å². The first-order valence-electron chi connectivity index (χ1n) is 10.4. The molecule has 142 valence electrons. The molecule has 0 bridgehead atoms. The molecule has 0 N–H and O–H groups in total. The average molecular weight is 367 g/mol. The van der Waals surface area contributed by atoms with Crippen molar-refractivity contribution < 1.29 is 0 Å². The molecule has 0 saturated heterocycles. The third-order valence-electron chi connectivity index (χ3n) is 5.93. The highest BCUT2D eigenvalue weighted by atomic mass is 14.3. The number of hydrogen-bond donors (Lipinski definition) is 0. The van der Waals surface area contributed by atoms with E-state index in [4.69, 9.17) is 0 Å². The summed E-state index contributed by atoms with van der Waals surface area (Å²) >= 11 is 0. The first-order valence-corrected chi connectivity index (χ1v) is 10.4. The second-order valence-electron chi connectivity index (χ2n) is 9.27. The van der Waals surface area contributed by atoms with Crippen molar-refractivity contribution in [3.63, 3.8) is 0 Å². The van der Waals surface area contributed by atoms with Crippen molar-refractivity contribution in [1.82, 2.24) is 0 Å². The fourth-order valence-electron chi connectivity index (χ4n) is 4.26. The van der Waals surface area contributed by atoms with E-state index in [9.17, 15) is 0 Å². The van der Waals surface area contributed by atoms with E-state index in [1.165, 1.54) is 44.5 Å². The number of rotatable bonds is 3. The Kier molecular flexibility index (Phi) is 4.75. The van der Waals surface area contributed by atoms with Gasteiger partial charge in [-0.3, -0.25) is 0 Å². The molecule has 0 atom stereocenters. The number of allylic oxidation sites excluding steroid dienone is 1. The van der Waals surface area contributed by atoms with Crippen LogP contribution in [-0.4, -0.2) is 0 Å². The molecule has 4 rings (SSSR count). The van der Waals surface area contributed by atoms with E-state index in [0.717, 1.165) is 6.42 Å². The van der Waals surface area contributed by atoms with Crippen molar-refractivity contribution in [2.24, 2.45) is 5.41 Å². The minimum absolute atomic E-state index is 0.202. The third kappa shape index (κ3) is 3.33. The zero-order chi connectivity index (χ0) is 19.9. The normalized spacial score (nSPS) is 13.6. The smallest absolute Gasteiger partial charge is 0.00523 e. The third-order valence-corrected chi connectivity index (χ3v) is 5.93. The summed E-state index contributed by atoms with van der Waals surface area (Å²) in [5, 5.41) is 0. The quantitative estimate of drug-likeness (QED) is 0.439. The molecule has 0 radical (unpaired) electrons. The molecule has 0 amide bonds. The van der Waals surface area contributed by atoms with Crippen LogP contribution in [0.2, 0.25) is 0 Å². The standard InChI is InChI=1S/C28H30/c1-19(2)23-16-15-21-17-22(28(3,4)5)18-26(21)27(23)25-14-10-9-13-24(25)20-11-7-6-8-12-20/h6-16,18-19H,17H2,1-5H3. The van der Waals surface area contributed by atoms with E-state index in [0.29, 0.717) is 5.92 Å². The molecule has 1 aliphatic carbocycles. The van der Waals surface area contributed by atoms with E-state index < -0.39 is 0 Å². The van der Waals surface area contributed by atoms with Crippen LogP contribution in [0.4, 0.5) is 0 Å². The molecule has 0 aliphatic heterocycles. The van der Waals surface area contributed by atoms with Crippen LogP contribution in [0.5, 0.6) is 0 Å². The highest BCUT2D eigenvalue weighted by molar-refractivity contribution is 5.91. The molecule has 0 saturated carbocycles. The number of benzene rings is 3. The lowest BCUT2D eigenvalue weighted by Crippen LogP contribution is -2.08. The van der Waals surface area contributed by atoms with Gasteiger partial charge in [-0.1, -0.05) is 113 Å². The van der Waals surface area contributed by atoms with Gasteiger partial charge >= 0.3 is 0 Å². The fourth-order valence-corrected chi connectivity index (χ4v) is 4.26. The summed E-state index contributed by atoms with van der Waals surface area (Å²) in [6.45, 7) is 11.6. The molecule has 3 aromatic carbocycles. The summed E-state index contributed by atoms with van der Waals surface area (Å²) in [7, 11) is 0. The van der Waals surface area contributed by atoms with Crippen molar-refractivity contribution in [2.75, 3.05) is 0 Å². The largest absolute Gasteiger partial charge is 0.0622 e. The first kappa shape index (κ1) is 18.7. The Morgan fingerprint density at radius 3 is 2.04 bits per heavy atom. The lowest BCUT2D eigenvalue weighted by molar-refractivity contribution is 0.498. The molecule has 1 aliphatic rings. The van der Waals surface area contributed by atoms with Gasteiger partial charge in [-0.25, -0.2) is 0 Å². The van der Waals surface area contributed by atoms with Crippen molar-refractivity contribution >= 4 is 6.08 Å². The Bertz CT molecular complexity index is 1030. The summed E-state index contributed by atoms with van der Waals surface area (Å²) in [5.41, 5.74) is 11.4. The summed E-state index contributed by atoms with van der Waals surface area (Å²) < 4.78 is 0. The van der Waals surface area contributed by atoms with E-state index in [-0.39, 0.29) is 5.41 Å². The van der Waals surface area contributed by atoms with Crippen LogP contribution in [0.25, 0.3) is 28.3 Å². The predicted octanol–water partition coefficient (Wildman–Crippen LogP) is 8.13. The number of hydrogen-bond acceptors (Lipinski definition) is 0. The lowest BCUT2D eigenvalue weighted by Gasteiger charge is -2.20. The lowest BCUT2D eigenvalue weighted by atomic mass is 9.84. The van der Waals surface area contributed by atoms with Crippen LogP contribution < -0.4 is 0 Å².